The number of carbonyl (C=O) groups is 1. The van der Waals surface area contributed by atoms with Crippen molar-refractivity contribution >= 4 is 28.5 Å². The van der Waals surface area contributed by atoms with Crippen molar-refractivity contribution in [2.75, 3.05) is 6.54 Å². The topological polar surface area (TPSA) is 81.2 Å². The fraction of sp³-hybridized carbons (Fsp3) is 0.280. The van der Waals surface area contributed by atoms with E-state index in [9.17, 15) is 9.90 Å². The van der Waals surface area contributed by atoms with E-state index >= 15 is 0 Å². The maximum atomic E-state index is 11.9. The fourth-order valence-electron chi connectivity index (χ4n) is 3.81. The van der Waals surface area contributed by atoms with Crippen molar-refractivity contribution in [2.24, 2.45) is 0 Å². The smallest absolute Gasteiger partial charge is 0.407 e. The van der Waals surface area contributed by atoms with E-state index in [1.807, 2.05) is 75.6 Å². The van der Waals surface area contributed by atoms with Crippen molar-refractivity contribution in [3.05, 3.63) is 77.4 Å². The van der Waals surface area contributed by atoms with Gasteiger partial charge in [-0.25, -0.2) is 9.78 Å². The van der Waals surface area contributed by atoms with Crippen LogP contribution in [-0.4, -0.2) is 38.2 Å². The highest BCUT2D eigenvalue weighted by atomic mass is 32.1. The molecule has 3 N–H and O–H groups in total. The zero-order valence-corrected chi connectivity index (χ0v) is 19.3. The summed E-state index contributed by atoms with van der Waals surface area (Å²) < 4.78 is 0. The van der Waals surface area contributed by atoms with Gasteiger partial charge in [0.15, 0.2) is 0 Å². The van der Waals surface area contributed by atoms with Gasteiger partial charge in [-0.1, -0.05) is 30.3 Å². The normalized spacial score (nSPS) is 12.7. The van der Waals surface area contributed by atoms with Crippen LogP contribution in [0.25, 0.3) is 21.5 Å². The average Bonchev–Trinajstić information content (AvgIpc) is 3.42. The molecular formula is C25H28N4O2S. The summed E-state index contributed by atoms with van der Waals surface area (Å²) in [4.78, 5) is 23.3. The van der Waals surface area contributed by atoms with Crippen LogP contribution in [0.2, 0.25) is 0 Å². The Morgan fingerprint density at radius 2 is 1.94 bits per heavy atom. The van der Waals surface area contributed by atoms with E-state index in [0.717, 1.165) is 22.2 Å². The molecule has 3 heterocycles. The standard InChI is InChI=1S/C25H28N4O2S/c1-25(2,3)29(24(30)31)16-21(17-7-5-4-6-8-17)28-15-18-9-10-22(32-18)19-11-13-26-23-20(19)12-14-27-23/h4-14,21,28H,15-16H2,1-3H3,(H,26,27)(H,30,31). The number of pyridine rings is 1. The van der Waals surface area contributed by atoms with Gasteiger partial charge < -0.3 is 20.3 Å². The van der Waals surface area contributed by atoms with Gasteiger partial charge in [-0.15, -0.1) is 11.3 Å². The first-order valence-electron chi connectivity index (χ1n) is 10.6. The third-order valence-corrected chi connectivity index (χ3v) is 6.64. The summed E-state index contributed by atoms with van der Waals surface area (Å²) in [6, 6.07) is 18.3. The summed E-state index contributed by atoms with van der Waals surface area (Å²) in [5, 5.41) is 14.5. The maximum absolute atomic E-state index is 11.9. The zero-order chi connectivity index (χ0) is 22.7. The SMILES string of the molecule is CC(C)(C)N(CC(NCc1ccc(-c2ccnc3[nH]ccc23)s1)c1ccccc1)C(=O)O. The second-order valence-electron chi connectivity index (χ2n) is 8.77. The van der Waals surface area contributed by atoms with E-state index in [-0.39, 0.29) is 6.04 Å². The Morgan fingerprint density at radius 3 is 2.66 bits per heavy atom. The molecule has 1 atom stereocenters. The Balaban J connectivity index is 1.54. The molecule has 32 heavy (non-hydrogen) atoms. The van der Waals surface area contributed by atoms with Crippen LogP contribution in [-0.2, 0) is 6.54 Å². The Bertz CT molecular complexity index is 1190. The molecule has 6 nitrogen and oxygen atoms in total. The summed E-state index contributed by atoms with van der Waals surface area (Å²) in [7, 11) is 0. The number of benzene rings is 1. The number of thiophene rings is 1. The molecule has 0 saturated carbocycles. The summed E-state index contributed by atoms with van der Waals surface area (Å²) in [6.45, 7) is 6.79. The van der Waals surface area contributed by atoms with Crippen LogP contribution >= 0.6 is 11.3 Å². The van der Waals surface area contributed by atoms with Crippen LogP contribution in [0.4, 0.5) is 4.79 Å². The average molecular weight is 449 g/mol. The third kappa shape index (κ3) is 4.84. The van der Waals surface area contributed by atoms with Gasteiger partial charge in [0, 0.05) is 51.7 Å². The Morgan fingerprint density at radius 1 is 1.16 bits per heavy atom. The molecule has 0 aliphatic heterocycles. The van der Waals surface area contributed by atoms with Crippen LogP contribution in [0.15, 0.2) is 67.0 Å². The molecule has 0 aliphatic carbocycles. The minimum atomic E-state index is -0.910. The molecule has 166 valence electrons. The summed E-state index contributed by atoms with van der Waals surface area (Å²) in [6.07, 6.45) is 2.82. The molecule has 0 fully saturated rings. The van der Waals surface area contributed by atoms with Crippen molar-refractivity contribution in [1.82, 2.24) is 20.2 Å². The molecule has 1 aromatic carbocycles. The lowest BCUT2D eigenvalue weighted by Crippen LogP contribution is -2.48. The fourth-order valence-corrected chi connectivity index (χ4v) is 4.81. The Hall–Kier alpha value is -3.16. The van der Waals surface area contributed by atoms with Crippen molar-refractivity contribution in [3.63, 3.8) is 0 Å². The number of hydrogen-bond acceptors (Lipinski definition) is 4. The minimum absolute atomic E-state index is 0.116. The van der Waals surface area contributed by atoms with Crippen molar-refractivity contribution in [1.29, 1.82) is 0 Å². The van der Waals surface area contributed by atoms with Crippen LogP contribution in [0, 0.1) is 0 Å². The second-order valence-corrected chi connectivity index (χ2v) is 9.94. The molecule has 1 unspecified atom stereocenters. The van der Waals surface area contributed by atoms with Gasteiger partial charge >= 0.3 is 6.09 Å². The first-order valence-corrected chi connectivity index (χ1v) is 11.4. The molecule has 0 saturated heterocycles. The summed E-state index contributed by atoms with van der Waals surface area (Å²) in [5.74, 6) is 0. The second kappa shape index (κ2) is 9.14. The first kappa shape index (κ1) is 22.0. The van der Waals surface area contributed by atoms with E-state index in [1.54, 1.807) is 11.3 Å². The highest BCUT2D eigenvalue weighted by Crippen LogP contribution is 2.33. The van der Waals surface area contributed by atoms with E-state index in [0.29, 0.717) is 13.1 Å². The first-order chi connectivity index (χ1) is 15.3. The number of fused-ring (bicyclic) bond motifs is 1. The maximum Gasteiger partial charge on any atom is 0.407 e. The van der Waals surface area contributed by atoms with Crippen molar-refractivity contribution < 1.29 is 9.90 Å². The lowest BCUT2D eigenvalue weighted by molar-refractivity contribution is 0.0928. The van der Waals surface area contributed by atoms with Gasteiger partial charge in [0.05, 0.1) is 6.04 Å². The van der Waals surface area contributed by atoms with E-state index in [4.69, 9.17) is 0 Å². The number of hydrogen-bond donors (Lipinski definition) is 3. The number of rotatable bonds is 7. The quantitative estimate of drug-likeness (QED) is 0.329. The van der Waals surface area contributed by atoms with Crippen LogP contribution in [0.1, 0.15) is 37.3 Å². The van der Waals surface area contributed by atoms with Crippen molar-refractivity contribution in [3.8, 4) is 10.4 Å². The number of carboxylic acid groups (broad SMARTS) is 1. The van der Waals surface area contributed by atoms with E-state index < -0.39 is 11.6 Å². The van der Waals surface area contributed by atoms with Gasteiger partial charge in [-0.3, -0.25) is 0 Å². The van der Waals surface area contributed by atoms with Gasteiger partial charge in [-0.05, 0) is 50.6 Å². The van der Waals surface area contributed by atoms with Gasteiger partial charge in [0.2, 0.25) is 0 Å². The predicted octanol–water partition coefficient (Wildman–Crippen LogP) is 5.90. The molecule has 4 rings (SSSR count). The molecule has 1 amide bonds. The lowest BCUT2D eigenvalue weighted by atomic mass is 10.0. The summed E-state index contributed by atoms with van der Waals surface area (Å²) in [5.41, 5.74) is 2.63. The number of H-pyrrole nitrogens is 1. The van der Waals surface area contributed by atoms with Crippen LogP contribution in [0.5, 0.6) is 0 Å². The van der Waals surface area contributed by atoms with Crippen LogP contribution < -0.4 is 5.32 Å². The van der Waals surface area contributed by atoms with E-state index in [1.165, 1.54) is 14.7 Å². The number of nitrogens with one attached hydrogen (secondary N) is 2. The largest absolute Gasteiger partial charge is 0.465 e. The highest BCUT2D eigenvalue weighted by molar-refractivity contribution is 7.15. The minimum Gasteiger partial charge on any atom is -0.465 e. The van der Waals surface area contributed by atoms with Gasteiger partial charge in [-0.2, -0.15) is 0 Å². The molecule has 0 aliphatic rings. The van der Waals surface area contributed by atoms with Gasteiger partial charge in [0.25, 0.3) is 0 Å². The molecule has 0 spiro atoms. The predicted molar refractivity (Wildman–Crippen MR) is 130 cm³/mol. The molecule has 4 aromatic rings. The molecule has 0 radical (unpaired) electrons. The third-order valence-electron chi connectivity index (χ3n) is 5.52. The lowest BCUT2D eigenvalue weighted by Gasteiger charge is -2.36. The number of nitrogens with zero attached hydrogens (tertiary/aromatic N) is 2. The number of aromatic amines is 1. The monoisotopic (exact) mass is 448 g/mol. The molecule has 7 heteroatoms. The summed E-state index contributed by atoms with van der Waals surface area (Å²) >= 11 is 1.74. The van der Waals surface area contributed by atoms with Gasteiger partial charge in [0.1, 0.15) is 5.65 Å². The highest BCUT2D eigenvalue weighted by Gasteiger charge is 2.29. The Labute approximate surface area is 191 Å². The van der Waals surface area contributed by atoms with Crippen molar-refractivity contribution in [2.45, 2.75) is 38.9 Å². The Kier molecular flexibility index (Phi) is 6.30. The van der Waals surface area contributed by atoms with E-state index in [2.05, 4.69) is 27.4 Å². The molecule has 3 aromatic heterocycles. The number of aromatic nitrogens is 2. The number of amides is 1. The van der Waals surface area contributed by atoms with Crippen LogP contribution in [0.3, 0.4) is 0 Å². The molecular weight excluding hydrogens is 420 g/mol. The molecule has 0 bridgehead atoms. The zero-order valence-electron chi connectivity index (χ0n) is 18.5.